The van der Waals surface area contributed by atoms with E-state index in [1.807, 2.05) is 60.7 Å². The number of amides is 1. The number of esters is 1. The largest absolute Gasteiger partial charge is 0.496 e. The van der Waals surface area contributed by atoms with E-state index in [9.17, 15) is 14.4 Å². The second-order valence-corrected chi connectivity index (χ2v) is 13.5. The number of carbonyl (C=O) groups is 2. The highest BCUT2D eigenvalue weighted by Crippen LogP contribution is 2.40. The minimum Gasteiger partial charge on any atom is -0.496 e. The molecule has 8 nitrogen and oxygen atoms in total. The summed E-state index contributed by atoms with van der Waals surface area (Å²) in [7, 11) is 1.54. The van der Waals surface area contributed by atoms with Gasteiger partial charge in [0.2, 0.25) is 0 Å². The normalized spacial score (nSPS) is 17.0. The van der Waals surface area contributed by atoms with Crippen molar-refractivity contribution in [1.82, 2.24) is 4.57 Å². The molecule has 0 saturated carbocycles. The number of ether oxygens (including phenoxy) is 2. The molecule has 11 heteroatoms. The molecule has 44 heavy (non-hydrogen) atoms. The number of benzene rings is 3. The van der Waals surface area contributed by atoms with Crippen molar-refractivity contribution in [1.29, 1.82) is 0 Å². The highest BCUT2D eigenvalue weighted by Gasteiger charge is 2.38. The molecule has 3 heterocycles. The molecule has 1 amide bonds. The predicted molar refractivity (Wildman–Crippen MR) is 176 cm³/mol. The number of allylic oxidation sites excluding steroid dienone is 1. The van der Waals surface area contributed by atoms with Gasteiger partial charge < -0.3 is 14.4 Å². The Labute approximate surface area is 274 Å². The summed E-state index contributed by atoms with van der Waals surface area (Å²) in [6.45, 7) is 5.60. The topological polar surface area (TPSA) is 90.2 Å². The second-order valence-electron chi connectivity index (χ2n) is 10.7. The van der Waals surface area contributed by atoms with Crippen LogP contribution in [0.5, 0.6) is 5.75 Å². The first-order valence-corrected chi connectivity index (χ1v) is 16.2. The average molecular weight is 737 g/mol. The SMILES string of the molecule is COc1ccc(Br)cc1[C@H]1C(C(=O)OC(C)C)=C(C)N=c2s/c(=C3/C(=O)N(Cc4ccccc4)c4ccc(Br)cc43)c(=O)n21. The van der Waals surface area contributed by atoms with Crippen molar-refractivity contribution < 1.29 is 19.1 Å². The Morgan fingerprint density at radius 2 is 1.73 bits per heavy atom. The second kappa shape index (κ2) is 11.9. The lowest BCUT2D eigenvalue weighted by Crippen LogP contribution is -2.41. The summed E-state index contributed by atoms with van der Waals surface area (Å²) in [6.07, 6.45) is -0.388. The first-order chi connectivity index (χ1) is 21.1. The molecule has 3 aromatic carbocycles. The van der Waals surface area contributed by atoms with E-state index in [0.717, 1.165) is 25.8 Å². The summed E-state index contributed by atoms with van der Waals surface area (Å²) in [4.78, 5) is 49.1. The standard InChI is InChI=1S/C33H27Br2N3O5S/c1-17(2)43-32(41)26-18(3)36-33-38(28(26)23-15-21(35)11-13-25(23)42-4)31(40)29(44-33)27-22-14-20(34)10-12-24(22)37(30(27)39)16-19-8-6-5-7-9-19/h5-15,17,28H,16H2,1-4H3/b29-27+/t28-/m0/s1. The van der Waals surface area contributed by atoms with Gasteiger partial charge >= 0.3 is 5.97 Å². The van der Waals surface area contributed by atoms with Gasteiger partial charge in [-0.1, -0.05) is 73.5 Å². The number of thiazole rings is 1. The predicted octanol–water partition coefficient (Wildman–Crippen LogP) is 5.64. The number of nitrogens with zero attached hydrogens (tertiary/aromatic N) is 3. The quantitative estimate of drug-likeness (QED) is 0.239. The van der Waals surface area contributed by atoms with Crippen LogP contribution in [0.4, 0.5) is 5.69 Å². The zero-order valence-corrected chi connectivity index (χ0v) is 28.2. The third-order valence-electron chi connectivity index (χ3n) is 7.43. The summed E-state index contributed by atoms with van der Waals surface area (Å²) in [5.74, 6) is -0.369. The molecule has 0 bridgehead atoms. The van der Waals surface area contributed by atoms with Gasteiger partial charge in [0, 0.05) is 20.1 Å². The molecule has 0 unspecified atom stereocenters. The van der Waals surface area contributed by atoms with Crippen LogP contribution in [0.1, 0.15) is 43.5 Å². The molecular weight excluding hydrogens is 710 g/mol. The number of hydrogen-bond donors (Lipinski definition) is 0. The summed E-state index contributed by atoms with van der Waals surface area (Å²) in [5, 5.41) is 0. The monoisotopic (exact) mass is 735 g/mol. The van der Waals surface area contributed by atoms with Crippen LogP contribution in [0.25, 0.3) is 5.57 Å². The highest BCUT2D eigenvalue weighted by molar-refractivity contribution is 9.10. The number of carbonyl (C=O) groups excluding carboxylic acids is 2. The zero-order chi connectivity index (χ0) is 31.3. The van der Waals surface area contributed by atoms with Gasteiger partial charge in [0.15, 0.2) is 4.80 Å². The van der Waals surface area contributed by atoms with E-state index in [2.05, 4.69) is 31.9 Å². The molecular formula is C33H27Br2N3O5S. The van der Waals surface area contributed by atoms with Gasteiger partial charge in [-0.3, -0.25) is 14.2 Å². The van der Waals surface area contributed by atoms with E-state index >= 15 is 0 Å². The first kappa shape index (κ1) is 30.2. The lowest BCUT2D eigenvalue weighted by Gasteiger charge is -2.26. The molecule has 2 aliphatic heterocycles. The summed E-state index contributed by atoms with van der Waals surface area (Å²) in [5.41, 5.74) is 3.42. The number of fused-ring (bicyclic) bond motifs is 2. The van der Waals surface area contributed by atoms with Crippen LogP contribution >= 0.6 is 43.2 Å². The van der Waals surface area contributed by atoms with Gasteiger partial charge in [-0.2, -0.15) is 0 Å². The van der Waals surface area contributed by atoms with Crippen LogP contribution in [0, 0.1) is 0 Å². The molecule has 1 aromatic heterocycles. The van der Waals surface area contributed by atoms with E-state index in [0.29, 0.717) is 45.2 Å². The molecule has 4 aromatic rings. The van der Waals surface area contributed by atoms with Crippen LogP contribution in [0.2, 0.25) is 0 Å². The smallest absolute Gasteiger partial charge is 0.338 e. The Morgan fingerprint density at radius 3 is 2.43 bits per heavy atom. The van der Waals surface area contributed by atoms with Crippen molar-refractivity contribution in [3.63, 3.8) is 0 Å². The van der Waals surface area contributed by atoms with Crippen molar-refractivity contribution in [3.8, 4) is 5.75 Å². The summed E-state index contributed by atoms with van der Waals surface area (Å²) < 4.78 is 14.6. The van der Waals surface area contributed by atoms with E-state index in [1.165, 1.54) is 11.7 Å². The van der Waals surface area contributed by atoms with E-state index < -0.39 is 17.6 Å². The average Bonchev–Trinajstić information content (AvgIpc) is 3.43. The Morgan fingerprint density at radius 1 is 1.02 bits per heavy atom. The van der Waals surface area contributed by atoms with Crippen LogP contribution in [-0.2, 0) is 20.9 Å². The van der Waals surface area contributed by atoms with Gasteiger partial charge in [-0.05, 0) is 62.7 Å². The van der Waals surface area contributed by atoms with Crippen LogP contribution < -0.4 is 24.5 Å². The molecule has 2 aliphatic rings. The molecule has 0 radical (unpaired) electrons. The van der Waals surface area contributed by atoms with Gasteiger partial charge in [0.05, 0.1) is 42.3 Å². The molecule has 224 valence electrons. The Bertz CT molecular complexity index is 2050. The maximum absolute atomic E-state index is 14.6. The van der Waals surface area contributed by atoms with Gasteiger partial charge in [-0.25, -0.2) is 9.79 Å². The van der Waals surface area contributed by atoms with Crippen molar-refractivity contribution >= 4 is 66.3 Å². The fourth-order valence-corrected chi connectivity index (χ4v) is 7.45. The minimum absolute atomic E-state index is 0.227. The van der Waals surface area contributed by atoms with E-state index in [4.69, 9.17) is 14.5 Å². The lowest BCUT2D eigenvalue weighted by atomic mass is 9.95. The maximum atomic E-state index is 14.6. The minimum atomic E-state index is -0.904. The Hall–Kier alpha value is -3.80. The molecule has 0 spiro atoms. The fourth-order valence-electron chi connectivity index (χ4n) is 5.57. The molecule has 0 aliphatic carbocycles. The van der Waals surface area contributed by atoms with E-state index in [-0.39, 0.29) is 22.1 Å². The number of anilines is 1. The first-order valence-electron chi connectivity index (χ1n) is 13.8. The third kappa shape index (κ3) is 5.27. The van der Waals surface area contributed by atoms with Crippen molar-refractivity contribution in [2.24, 2.45) is 4.99 Å². The number of halogens is 2. The highest BCUT2D eigenvalue weighted by atomic mass is 79.9. The molecule has 0 saturated heterocycles. The van der Waals surface area contributed by atoms with Crippen molar-refractivity contribution in [2.75, 3.05) is 12.0 Å². The third-order valence-corrected chi connectivity index (χ3v) is 9.47. The van der Waals surface area contributed by atoms with Crippen LogP contribution in [-0.4, -0.2) is 29.7 Å². The number of aromatic nitrogens is 1. The van der Waals surface area contributed by atoms with Crippen molar-refractivity contribution in [3.05, 3.63) is 123 Å². The van der Waals surface area contributed by atoms with E-state index in [1.54, 1.807) is 31.7 Å². The zero-order valence-electron chi connectivity index (χ0n) is 24.3. The molecule has 0 N–H and O–H groups in total. The fraction of sp³-hybridized carbons (Fsp3) is 0.212. The molecule has 6 rings (SSSR count). The maximum Gasteiger partial charge on any atom is 0.338 e. The van der Waals surface area contributed by atoms with Gasteiger partial charge in [0.25, 0.3) is 11.5 Å². The van der Waals surface area contributed by atoms with Gasteiger partial charge in [-0.15, -0.1) is 0 Å². The van der Waals surface area contributed by atoms with Crippen molar-refractivity contribution in [2.45, 2.75) is 39.5 Å². The molecule has 0 fully saturated rings. The molecule has 1 atom stereocenters. The number of methoxy groups -OCH3 is 1. The van der Waals surface area contributed by atoms with Gasteiger partial charge in [0.1, 0.15) is 16.3 Å². The number of rotatable bonds is 6. The lowest BCUT2D eigenvalue weighted by molar-refractivity contribution is -0.143. The Kier molecular flexibility index (Phi) is 8.21. The van der Waals surface area contributed by atoms with Crippen LogP contribution in [0.15, 0.2) is 96.7 Å². The Balaban J connectivity index is 1.62. The van der Waals surface area contributed by atoms with Crippen LogP contribution in [0.3, 0.4) is 0 Å². The summed E-state index contributed by atoms with van der Waals surface area (Å²) in [6, 6.07) is 19.8. The summed E-state index contributed by atoms with van der Waals surface area (Å²) >= 11 is 8.21. The number of hydrogen-bond acceptors (Lipinski definition) is 7.